The van der Waals surface area contributed by atoms with Gasteiger partial charge in [0.1, 0.15) is 0 Å². The van der Waals surface area contributed by atoms with E-state index in [2.05, 4.69) is 12.2 Å². The summed E-state index contributed by atoms with van der Waals surface area (Å²) in [6, 6.07) is -0.325. The van der Waals surface area contributed by atoms with Crippen molar-refractivity contribution in [1.29, 1.82) is 0 Å². The Morgan fingerprint density at radius 2 is 2.12 bits per heavy atom. The van der Waals surface area contributed by atoms with Crippen LogP contribution in [-0.4, -0.2) is 50.5 Å². The Labute approximate surface area is 103 Å². The second-order valence-electron chi connectivity index (χ2n) is 4.61. The van der Waals surface area contributed by atoms with Crippen molar-refractivity contribution in [3.63, 3.8) is 0 Å². The smallest absolute Gasteiger partial charge is 0.317 e. The molecule has 17 heavy (non-hydrogen) atoms. The van der Waals surface area contributed by atoms with Crippen molar-refractivity contribution in [2.75, 3.05) is 25.1 Å². The molecule has 0 aromatic carbocycles. The van der Waals surface area contributed by atoms with Gasteiger partial charge in [-0.1, -0.05) is 19.8 Å². The molecule has 100 valence electrons. The Morgan fingerprint density at radius 1 is 1.41 bits per heavy atom. The van der Waals surface area contributed by atoms with Crippen molar-refractivity contribution >= 4 is 15.9 Å². The molecule has 2 amide bonds. The molecule has 0 unspecified atom stereocenters. The second kappa shape index (κ2) is 6.23. The van der Waals surface area contributed by atoms with Crippen molar-refractivity contribution in [2.24, 2.45) is 0 Å². The van der Waals surface area contributed by atoms with Crippen molar-refractivity contribution < 1.29 is 13.2 Å². The van der Waals surface area contributed by atoms with Gasteiger partial charge in [0.05, 0.1) is 11.5 Å². The number of carbonyl (C=O) groups excluding carboxylic acids is 1. The van der Waals surface area contributed by atoms with Gasteiger partial charge in [-0.2, -0.15) is 0 Å². The lowest BCUT2D eigenvalue weighted by Crippen LogP contribution is -2.44. The third kappa shape index (κ3) is 4.53. The van der Waals surface area contributed by atoms with Gasteiger partial charge in [-0.3, -0.25) is 0 Å². The molecule has 1 saturated heterocycles. The Hall–Kier alpha value is -0.780. The summed E-state index contributed by atoms with van der Waals surface area (Å²) < 4.78 is 22.6. The lowest BCUT2D eigenvalue weighted by molar-refractivity contribution is 0.195. The first-order valence-electron chi connectivity index (χ1n) is 6.17. The van der Waals surface area contributed by atoms with E-state index in [0.717, 1.165) is 19.3 Å². The van der Waals surface area contributed by atoms with Crippen LogP contribution >= 0.6 is 0 Å². The SMILES string of the molecule is CCCCCNC(=O)N(C)[C@H]1CCS(=O)(=O)C1. The Morgan fingerprint density at radius 3 is 2.65 bits per heavy atom. The number of carbonyl (C=O) groups is 1. The number of sulfone groups is 1. The molecule has 1 N–H and O–H groups in total. The quantitative estimate of drug-likeness (QED) is 0.752. The molecule has 1 aliphatic rings. The minimum absolute atomic E-state index is 0.103. The third-order valence-electron chi connectivity index (χ3n) is 3.13. The average Bonchev–Trinajstić information content (AvgIpc) is 2.64. The van der Waals surface area contributed by atoms with Gasteiger partial charge in [0.25, 0.3) is 0 Å². The van der Waals surface area contributed by atoms with E-state index >= 15 is 0 Å². The van der Waals surface area contributed by atoms with E-state index in [-0.39, 0.29) is 23.6 Å². The summed E-state index contributed by atoms with van der Waals surface area (Å²) >= 11 is 0. The van der Waals surface area contributed by atoms with Gasteiger partial charge in [-0.05, 0) is 12.8 Å². The number of hydrogen-bond donors (Lipinski definition) is 1. The molecular formula is C11H22N2O3S. The number of nitrogens with one attached hydrogen (secondary N) is 1. The van der Waals surface area contributed by atoms with Gasteiger partial charge >= 0.3 is 6.03 Å². The van der Waals surface area contributed by atoms with Gasteiger partial charge in [-0.15, -0.1) is 0 Å². The van der Waals surface area contributed by atoms with Gasteiger partial charge in [0.2, 0.25) is 0 Å². The molecular weight excluding hydrogens is 240 g/mol. The monoisotopic (exact) mass is 262 g/mol. The summed E-state index contributed by atoms with van der Waals surface area (Å²) in [5, 5.41) is 2.81. The van der Waals surface area contributed by atoms with E-state index in [9.17, 15) is 13.2 Å². The molecule has 0 bridgehead atoms. The molecule has 0 aromatic rings. The molecule has 1 aliphatic heterocycles. The lowest BCUT2D eigenvalue weighted by Gasteiger charge is -2.23. The molecule has 1 fully saturated rings. The highest BCUT2D eigenvalue weighted by Crippen LogP contribution is 2.16. The summed E-state index contributed by atoms with van der Waals surface area (Å²) in [4.78, 5) is 13.2. The first kappa shape index (κ1) is 14.3. The maximum atomic E-state index is 11.7. The molecule has 1 atom stereocenters. The van der Waals surface area contributed by atoms with Crippen LogP contribution in [0.1, 0.15) is 32.6 Å². The first-order chi connectivity index (χ1) is 7.96. The van der Waals surface area contributed by atoms with Gasteiger partial charge in [-0.25, -0.2) is 13.2 Å². The summed E-state index contributed by atoms with van der Waals surface area (Å²) in [6.45, 7) is 2.77. The first-order valence-corrected chi connectivity index (χ1v) is 7.99. The topological polar surface area (TPSA) is 66.5 Å². The fourth-order valence-electron chi connectivity index (χ4n) is 1.94. The molecule has 6 heteroatoms. The number of rotatable bonds is 5. The maximum absolute atomic E-state index is 11.7. The Bertz CT molecular complexity index is 354. The zero-order chi connectivity index (χ0) is 12.9. The van der Waals surface area contributed by atoms with E-state index in [0.29, 0.717) is 13.0 Å². The van der Waals surface area contributed by atoms with Gasteiger partial charge < -0.3 is 10.2 Å². The molecule has 0 aliphatic carbocycles. The number of unbranched alkanes of at least 4 members (excludes halogenated alkanes) is 2. The molecule has 0 spiro atoms. The maximum Gasteiger partial charge on any atom is 0.317 e. The van der Waals surface area contributed by atoms with Crippen molar-refractivity contribution in [2.45, 2.75) is 38.6 Å². The average molecular weight is 262 g/mol. The summed E-state index contributed by atoms with van der Waals surface area (Å²) in [5.41, 5.74) is 0. The van der Waals surface area contributed by atoms with Crippen LogP contribution in [0.2, 0.25) is 0 Å². The lowest BCUT2D eigenvalue weighted by atomic mass is 10.2. The Balaban J connectivity index is 2.32. The normalized spacial score (nSPS) is 22.4. The number of urea groups is 1. The number of nitrogens with zero attached hydrogens (tertiary/aromatic N) is 1. The standard InChI is InChI=1S/C11H22N2O3S/c1-3-4-5-7-12-11(14)13(2)10-6-8-17(15,16)9-10/h10H,3-9H2,1-2H3,(H,12,14)/t10-/m0/s1. The second-order valence-corrected chi connectivity index (χ2v) is 6.84. The predicted octanol–water partition coefficient (Wildman–Crippen LogP) is 1.01. The zero-order valence-corrected chi connectivity index (χ0v) is 11.4. The van der Waals surface area contributed by atoms with Crippen LogP contribution < -0.4 is 5.32 Å². The fourth-order valence-corrected chi connectivity index (χ4v) is 3.72. The van der Waals surface area contributed by atoms with Crippen LogP contribution in [0.5, 0.6) is 0 Å². The van der Waals surface area contributed by atoms with Crippen molar-refractivity contribution in [3.8, 4) is 0 Å². The largest absolute Gasteiger partial charge is 0.338 e. The van der Waals surface area contributed by atoms with Crippen LogP contribution in [0.3, 0.4) is 0 Å². The van der Waals surface area contributed by atoms with Crippen LogP contribution in [0.15, 0.2) is 0 Å². The van der Waals surface area contributed by atoms with Gasteiger partial charge in [0.15, 0.2) is 9.84 Å². The summed E-state index contributed by atoms with van der Waals surface area (Å²) in [5.74, 6) is 0.303. The number of hydrogen-bond acceptors (Lipinski definition) is 3. The number of amides is 2. The summed E-state index contributed by atoms with van der Waals surface area (Å²) in [6.07, 6.45) is 3.74. The Kier molecular flexibility index (Phi) is 5.24. The third-order valence-corrected chi connectivity index (χ3v) is 4.88. The van der Waals surface area contributed by atoms with Crippen LogP contribution in [0.25, 0.3) is 0 Å². The van der Waals surface area contributed by atoms with E-state index in [1.807, 2.05) is 0 Å². The fraction of sp³-hybridized carbons (Fsp3) is 0.909. The van der Waals surface area contributed by atoms with Crippen molar-refractivity contribution in [3.05, 3.63) is 0 Å². The van der Waals surface area contributed by atoms with Crippen LogP contribution in [0, 0.1) is 0 Å². The predicted molar refractivity (Wildman–Crippen MR) is 67.7 cm³/mol. The molecule has 5 nitrogen and oxygen atoms in total. The van der Waals surface area contributed by atoms with E-state index in [4.69, 9.17) is 0 Å². The minimum Gasteiger partial charge on any atom is -0.338 e. The highest BCUT2D eigenvalue weighted by molar-refractivity contribution is 7.91. The molecule has 0 aromatic heterocycles. The van der Waals surface area contributed by atoms with Crippen LogP contribution in [-0.2, 0) is 9.84 Å². The highest BCUT2D eigenvalue weighted by Gasteiger charge is 2.32. The molecule has 0 radical (unpaired) electrons. The highest BCUT2D eigenvalue weighted by atomic mass is 32.2. The molecule has 1 rings (SSSR count). The summed E-state index contributed by atoms with van der Waals surface area (Å²) in [7, 11) is -1.26. The van der Waals surface area contributed by atoms with Crippen molar-refractivity contribution in [1.82, 2.24) is 10.2 Å². The van der Waals surface area contributed by atoms with E-state index in [1.54, 1.807) is 7.05 Å². The molecule has 0 saturated carbocycles. The molecule has 1 heterocycles. The minimum atomic E-state index is -2.92. The van der Waals surface area contributed by atoms with Gasteiger partial charge in [0, 0.05) is 19.6 Å². The van der Waals surface area contributed by atoms with E-state index < -0.39 is 9.84 Å². The van der Waals surface area contributed by atoms with E-state index in [1.165, 1.54) is 4.90 Å². The zero-order valence-electron chi connectivity index (χ0n) is 10.6. The van der Waals surface area contributed by atoms with Crippen LogP contribution in [0.4, 0.5) is 4.79 Å².